The molecule has 7 heteroatoms. The van der Waals surface area contributed by atoms with Gasteiger partial charge in [-0.1, -0.05) is 48.4 Å². The topological polar surface area (TPSA) is 54.9 Å². The Morgan fingerprint density at radius 3 is 2.65 bits per heavy atom. The molecule has 2 atom stereocenters. The van der Waals surface area contributed by atoms with Gasteiger partial charge in [0.25, 0.3) is 0 Å². The van der Waals surface area contributed by atoms with E-state index < -0.39 is 0 Å². The molecule has 0 saturated heterocycles. The highest BCUT2D eigenvalue weighted by Gasteiger charge is 2.44. The average molecular weight is 370 g/mol. The number of carbonyl (C=O) groups is 1. The van der Waals surface area contributed by atoms with Gasteiger partial charge in [-0.15, -0.1) is 10.2 Å². The molecule has 0 aliphatic heterocycles. The second-order valence-electron chi connectivity index (χ2n) is 6.24. The van der Waals surface area contributed by atoms with E-state index in [2.05, 4.69) is 29.4 Å². The van der Waals surface area contributed by atoms with Crippen LogP contribution in [0.25, 0.3) is 0 Å². The standard InChI is InChI=1S/C16H17Cl2N3OS/c1-8(2)3-14-20-21-16(23-14)19-15(22)13-7-12(13)9-4-10(17)6-11(18)5-9/h4-6,8,12-13H,3,7H2,1-2H3,(H,19,21,22)/t12-,13+/m0/s1. The minimum atomic E-state index is -0.0537. The summed E-state index contributed by atoms with van der Waals surface area (Å²) in [5.41, 5.74) is 1.01. The van der Waals surface area contributed by atoms with E-state index in [-0.39, 0.29) is 17.7 Å². The van der Waals surface area contributed by atoms with Crippen LogP contribution < -0.4 is 5.32 Å². The first-order valence-corrected chi connectivity index (χ1v) is 9.09. The summed E-state index contributed by atoms with van der Waals surface area (Å²) < 4.78 is 0. The molecule has 3 rings (SSSR count). The van der Waals surface area contributed by atoms with E-state index in [0.717, 1.165) is 23.4 Å². The summed E-state index contributed by atoms with van der Waals surface area (Å²) in [5, 5.41) is 13.7. The summed E-state index contributed by atoms with van der Waals surface area (Å²) in [4.78, 5) is 12.3. The number of hydrogen-bond donors (Lipinski definition) is 1. The summed E-state index contributed by atoms with van der Waals surface area (Å²) in [6.45, 7) is 4.26. The highest BCUT2D eigenvalue weighted by Crippen LogP contribution is 2.49. The summed E-state index contributed by atoms with van der Waals surface area (Å²) >= 11 is 13.5. The zero-order valence-corrected chi connectivity index (χ0v) is 15.2. The molecule has 122 valence electrons. The van der Waals surface area contributed by atoms with Crippen molar-refractivity contribution >= 4 is 45.6 Å². The lowest BCUT2D eigenvalue weighted by Crippen LogP contribution is -2.14. The van der Waals surface area contributed by atoms with Crippen LogP contribution in [0.5, 0.6) is 0 Å². The van der Waals surface area contributed by atoms with Gasteiger partial charge in [-0.3, -0.25) is 4.79 Å². The molecule has 1 aromatic carbocycles. The first-order chi connectivity index (χ1) is 10.9. The van der Waals surface area contributed by atoms with Crippen molar-refractivity contribution in [2.75, 3.05) is 5.32 Å². The molecule has 1 fully saturated rings. The molecule has 1 amide bonds. The highest BCUT2D eigenvalue weighted by atomic mass is 35.5. The van der Waals surface area contributed by atoms with Crippen molar-refractivity contribution in [1.29, 1.82) is 0 Å². The maximum Gasteiger partial charge on any atom is 0.229 e. The van der Waals surface area contributed by atoms with Gasteiger partial charge in [0.1, 0.15) is 5.01 Å². The number of rotatable bonds is 5. The molecule has 1 saturated carbocycles. The molecule has 1 aliphatic rings. The van der Waals surface area contributed by atoms with Crippen LogP contribution in [-0.2, 0) is 11.2 Å². The van der Waals surface area contributed by atoms with Crippen molar-refractivity contribution in [3.05, 3.63) is 38.8 Å². The van der Waals surface area contributed by atoms with Gasteiger partial charge in [-0.2, -0.15) is 0 Å². The van der Waals surface area contributed by atoms with Gasteiger partial charge in [-0.05, 0) is 42.0 Å². The molecule has 23 heavy (non-hydrogen) atoms. The largest absolute Gasteiger partial charge is 0.300 e. The quantitative estimate of drug-likeness (QED) is 0.824. The second kappa shape index (κ2) is 6.75. The molecule has 0 spiro atoms. The third-order valence-electron chi connectivity index (χ3n) is 3.72. The van der Waals surface area contributed by atoms with Crippen molar-refractivity contribution in [1.82, 2.24) is 10.2 Å². The van der Waals surface area contributed by atoms with Gasteiger partial charge in [0.2, 0.25) is 11.0 Å². The zero-order chi connectivity index (χ0) is 16.6. The lowest BCUT2D eigenvalue weighted by Gasteiger charge is -2.03. The molecule has 1 aromatic heterocycles. The Morgan fingerprint density at radius 1 is 1.30 bits per heavy atom. The van der Waals surface area contributed by atoms with Crippen LogP contribution in [0, 0.1) is 11.8 Å². The Hall–Kier alpha value is -1.17. The summed E-state index contributed by atoms with van der Waals surface area (Å²) in [5.74, 6) is 0.626. The molecule has 1 heterocycles. The van der Waals surface area contributed by atoms with E-state index in [1.807, 2.05) is 12.1 Å². The second-order valence-corrected chi connectivity index (χ2v) is 8.17. The van der Waals surface area contributed by atoms with Crippen molar-refractivity contribution in [3.8, 4) is 0 Å². The van der Waals surface area contributed by atoms with Gasteiger partial charge >= 0.3 is 0 Å². The Bertz CT molecular complexity index is 712. The number of anilines is 1. The molecule has 4 nitrogen and oxygen atoms in total. The number of nitrogens with one attached hydrogen (secondary N) is 1. The fourth-order valence-electron chi connectivity index (χ4n) is 2.58. The van der Waals surface area contributed by atoms with Crippen molar-refractivity contribution in [3.63, 3.8) is 0 Å². The summed E-state index contributed by atoms with van der Waals surface area (Å²) in [7, 11) is 0. The zero-order valence-electron chi connectivity index (χ0n) is 12.8. The van der Waals surface area contributed by atoms with Crippen molar-refractivity contribution in [2.45, 2.75) is 32.6 Å². The van der Waals surface area contributed by atoms with E-state index in [4.69, 9.17) is 23.2 Å². The molecule has 1 aliphatic carbocycles. The lowest BCUT2D eigenvalue weighted by atomic mass is 10.1. The Kier molecular flexibility index (Phi) is 4.90. The Balaban J connectivity index is 1.61. The predicted octanol–water partition coefficient (Wildman–Crippen LogP) is 4.79. The average Bonchev–Trinajstić information content (AvgIpc) is 3.14. The van der Waals surface area contributed by atoms with Gasteiger partial charge in [0, 0.05) is 22.4 Å². The first-order valence-electron chi connectivity index (χ1n) is 7.51. The molecular weight excluding hydrogens is 353 g/mol. The van der Waals surface area contributed by atoms with Crippen molar-refractivity contribution in [2.24, 2.45) is 11.8 Å². The fraction of sp³-hybridized carbons (Fsp3) is 0.438. The molecular formula is C16H17Cl2N3OS. The van der Waals surface area contributed by atoms with Gasteiger partial charge < -0.3 is 5.32 Å². The number of nitrogens with zero attached hydrogens (tertiary/aromatic N) is 2. The van der Waals surface area contributed by atoms with Crippen LogP contribution in [-0.4, -0.2) is 16.1 Å². The monoisotopic (exact) mass is 369 g/mol. The van der Waals surface area contributed by atoms with Crippen LogP contribution in [0.2, 0.25) is 10.0 Å². The van der Waals surface area contributed by atoms with Crippen LogP contribution in [0.3, 0.4) is 0 Å². The Morgan fingerprint density at radius 2 is 2.00 bits per heavy atom. The molecule has 1 N–H and O–H groups in total. The predicted molar refractivity (Wildman–Crippen MR) is 94.4 cm³/mol. The van der Waals surface area contributed by atoms with Crippen LogP contribution in [0.15, 0.2) is 18.2 Å². The molecule has 0 unspecified atom stereocenters. The van der Waals surface area contributed by atoms with E-state index in [0.29, 0.717) is 21.1 Å². The number of amides is 1. The van der Waals surface area contributed by atoms with E-state index >= 15 is 0 Å². The SMILES string of the molecule is CC(C)Cc1nnc(NC(=O)[C@@H]2C[C@H]2c2cc(Cl)cc(Cl)c2)s1. The number of benzene rings is 1. The summed E-state index contributed by atoms with van der Waals surface area (Å²) in [6.07, 6.45) is 1.68. The molecule has 2 aromatic rings. The van der Waals surface area contributed by atoms with Crippen molar-refractivity contribution < 1.29 is 4.79 Å². The maximum absolute atomic E-state index is 12.3. The van der Waals surface area contributed by atoms with Crippen LogP contribution in [0.1, 0.15) is 36.8 Å². The van der Waals surface area contributed by atoms with Crippen LogP contribution >= 0.6 is 34.5 Å². The summed E-state index contributed by atoms with van der Waals surface area (Å²) in [6, 6.07) is 5.44. The number of hydrogen-bond acceptors (Lipinski definition) is 4. The van der Waals surface area contributed by atoms with E-state index in [1.54, 1.807) is 6.07 Å². The highest BCUT2D eigenvalue weighted by molar-refractivity contribution is 7.15. The minimum Gasteiger partial charge on any atom is -0.300 e. The lowest BCUT2D eigenvalue weighted by molar-refractivity contribution is -0.117. The number of halogens is 2. The fourth-order valence-corrected chi connectivity index (χ4v) is 4.07. The third-order valence-corrected chi connectivity index (χ3v) is 5.02. The van der Waals surface area contributed by atoms with E-state index in [1.165, 1.54) is 11.3 Å². The van der Waals surface area contributed by atoms with E-state index in [9.17, 15) is 4.79 Å². The normalized spacial score (nSPS) is 19.9. The maximum atomic E-state index is 12.3. The van der Waals surface area contributed by atoms with Gasteiger partial charge in [-0.25, -0.2) is 0 Å². The number of aromatic nitrogens is 2. The Labute approximate surface area is 149 Å². The first kappa shape index (κ1) is 16.7. The van der Waals surface area contributed by atoms with Gasteiger partial charge in [0.15, 0.2) is 0 Å². The smallest absolute Gasteiger partial charge is 0.229 e. The molecule has 0 radical (unpaired) electrons. The molecule has 0 bridgehead atoms. The number of carbonyl (C=O) groups excluding carboxylic acids is 1. The minimum absolute atomic E-state index is 0.0154. The third kappa shape index (κ3) is 4.22. The van der Waals surface area contributed by atoms with Crippen LogP contribution in [0.4, 0.5) is 5.13 Å². The van der Waals surface area contributed by atoms with Gasteiger partial charge in [0.05, 0.1) is 0 Å².